The molecule has 26 heavy (non-hydrogen) atoms. The predicted octanol–water partition coefficient (Wildman–Crippen LogP) is 3.15. The molecular formula is C19H17O6P. The molecule has 2 aromatic carbocycles. The molecular weight excluding hydrogens is 355 g/mol. The molecule has 0 radical (unpaired) electrons. The molecule has 0 bridgehead atoms. The number of hydrogen-bond donors (Lipinski definition) is 3. The van der Waals surface area contributed by atoms with Crippen LogP contribution >= 0.6 is 9.24 Å². The minimum Gasteiger partial charge on any atom is -0.507 e. The number of phenolic OH excluding ortho intramolecular Hbond substituents is 3. The highest BCUT2D eigenvalue weighted by Crippen LogP contribution is 2.42. The lowest BCUT2D eigenvalue weighted by Crippen LogP contribution is -2.25. The van der Waals surface area contributed by atoms with Gasteiger partial charge in [-0.2, -0.15) is 0 Å². The first kappa shape index (κ1) is 18.0. The topological polar surface area (TPSA) is 104 Å². The van der Waals surface area contributed by atoms with Crippen LogP contribution in [0.2, 0.25) is 0 Å². The van der Waals surface area contributed by atoms with Crippen molar-refractivity contribution in [1.82, 2.24) is 0 Å². The normalized spacial score (nSPS) is 18.1. The number of rotatable bonds is 3. The maximum absolute atomic E-state index is 13.1. The fourth-order valence-electron chi connectivity index (χ4n) is 2.92. The van der Waals surface area contributed by atoms with Crippen molar-refractivity contribution in [2.75, 3.05) is 0 Å². The van der Waals surface area contributed by atoms with E-state index in [1.54, 1.807) is 26.0 Å². The summed E-state index contributed by atoms with van der Waals surface area (Å²) in [7, 11) is 2.48. The summed E-state index contributed by atoms with van der Waals surface area (Å²) in [6.45, 7) is 3.41. The standard InChI is InChI=1S/C19H17O6P/c1-9-5-13(22)17(14(23)6-9)18(24)16-10-3-4-19(2,26)25-15(10)7-12(21)11(16)8-20/h3-8,21-23H,26H2,1-2H3. The average molecular weight is 372 g/mol. The van der Waals surface area contributed by atoms with Gasteiger partial charge >= 0.3 is 0 Å². The minimum absolute atomic E-state index is 0.152. The lowest BCUT2D eigenvalue weighted by molar-refractivity contribution is 0.102. The summed E-state index contributed by atoms with van der Waals surface area (Å²) in [6.07, 6.45) is 3.64. The van der Waals surface area contributed by atoms with Gasteiger partial charge in [-0.1, -0.05) is 15.3 Å². The van der Waals surface area contributed by atoms with Gasteiger partial charge in [0.05, 0.1) is 5.56 Å². The number of aryl methyl sites for hydroxylation is 1. The Morgan fingerprint density at radius 1 is 1.12 bits per heavy atom. The summed E-state index contributed by atoms with van der Waals surface area (Å²) in [4.78, 5) is 24.6. The number of carbonyl (C=O) groups excluding carboxylic acids is 2. The van der Waals surface area contributed by atoms with Gasteiger partial charge < -0.3 is 20.1 Å². The first-order valence-electron chi connectivity index (χ1n) is 7.74. The van der Waals surface area contributed by atoms with Crippen LogP contribution < -0.4 is 4.74 Å². The number of benzene rings is 2. The zero-order valence-electron chi connectivity index (χ0n) is 14.1. The van der Waals surface area contributed by atoms with Crippen LogP contribution in [-0.4, -0.2) is 32.7 Å². The van der Waals surface area contributed by atoms with E-state index in [0.29, 0.717) is 11.8 Å². The van der Waals surface area contributed by atoms with Gasteiger partial charge in [0, 0.05) is 17.2 Å². The van der Waals surface area contributed by atoms with E-state index in [4.69, 9.17) is 4.74 Å². The second-order valence-corrected chi connectivity index (χ2v) is 7.49. The van der Waals surface area contributed by atoms with Crippen LogP contribution in [0.15, 0.2) is 24.3 Å². The largest absolute Gasteiger partial charge is 0.507 e. The van der Waals surface area contributed by atoms with Crippen LogP contribution in [0.3, 0.4) is 0 Å². The number of aldehydes is 1. The van der Waals surface area contributed by atoms with Crippen molar-refractivity contribution in [3.8, 4) is 23.0 Å². The Morgan fingerprint density at radius 2 is 1.73 bits per heavy atom. The summed E-state index contributed by atoms with van der Waals surface area (Å²) >= 11 is 0. The summed E-state index contributed by atoms with van der Waals surface area (Å²) in [5.74, 6) is -1.85. The Labute approximate surface area is 151 Å². The Morgan fingerprint density at radius 3 is 2.31 bits per heavy atom. The highest BCUT2D eigenvalue weighted by atomic mass is 31.0. The smallest absolute Gasteiger partial charge is 0.202 e. The molecule has 1 heterocycles. The van der Waals surface area contributed by atoms with Crippen molar-refractivity contribution in [2.24, 2.45) is 0 Å². The monoisotopic (exact) mass is 372 g/mol. The second-order valence-electron chi connectivity index (χ2n) is 6.34. The predicted molar refractivity (Wildman–Crippen MR) is 99.2 cm³/mol. The van der Waals surface area contributed by atoms with Crippen molar-refractivity contribution < 1.29 is 29.6 Å². The number of ether oxygens (including phenoxy) is 1. The van der Waals surface area contributed by atoms with E-state index in [1.807, 2.05) is 0 Å². The fraction of sp³-hybridized carbons (Fsp3) is 0.158. The summed E-state index contributed by atoms with van der Waals surface area (Å²) in [5.41, 5.74) is 0.107. The Bertz CT molecular complexity index is 951. The number of ketones is 1. The van der Waals surface area contributed by atoms with E-state index in [1.165, 1.54) is 18.2 Å². The van der Waals surface area contributed by atoms with E-state index in [2.05, 4.69) is 9.24 Å². The maximum atomic E-state index is 13.1. The first-order valence-corrected chi connectivity index (χ1v) is 8.32. The molecule has 1 aliphatic rings. The zero-order chi connectivity index (χ0) is 19.2. The lowest BCUT2D eigenvalue weighted by atomic mass is 9.90. The summed E-state index contributed by atoms with van der Waals surface area (Å²) in [6, 6.07) is 3.92. The SMILES string of the molecule is Cc1cc(O)c(C(=O)c2c(C=O)c(O)cc3c2C=CC(C)(P)O3)c(O)c1. The van der Waals surface area contributed by atoms with Gasteiger partial charge in [-0.15, -0.1) is 0 Å². The molecule has 7 heteroatoms. The quantitative estimate of drug-likeness (QED) is 0.434. The van der Waals surface area contributed by atoms with Crippen LogP contribution in [0, 0.1) is 6.92 Å². The van der Waals surface area contributed by atoms with Crippen molar-refractivity contribution in [1.29, 1.82) is 0 Å². The molecule has 0 aliphatic carbocycles. The molecule has 2 atom stereocenters. The molecule has 0 spiro atoms. The Kier molecular flexibility index (Phi) is 4.24. The van der Waals surface area contributed by atoms with E-state index >= 15 is 0 Å². The number of carbonyl (C=O) groups is 2. The molecule has 0 saturated carbocycles. The van der Waals surface area contributed by atoms with Gasteiger partial charge in [-0.05, 0) is 37.6 Å². The molecule has 0 aromatic heterocycles. The van der Waals surface area contributed by atoms with Crippen LogP contribution in [0.4, 0.5) is 0 Å². The Hall–Kier alpha value is -2.85. The zero-order valence-corrected chi connectivity index (χ0v) is 15.3. The number of hydrogen-bond acceptors (Lipinski definition) is 6. The second kappa shape index (κ2) is 6.15. The van der Waals surface area contributed by atoms with Crippen LogP contribution in [0.25, 0.3) is 6.08 Å². The molecule has 2 aromatic rings. The summed E-state index contributed by atoms with van der Waals surface area (Å²) in [5, 5.41) is 29.7. The molecule has 3 N–H and O–H groups in total. The molecule has 2 unspecified atom stereocenters. The number of aromatic hydroxyl groups is 3. The van der Waals surface area contributed by atoms with Gasteiger partial charge in [0.15, 0.2) is 6.29 Å². The first-order chi connectivity index (χ1) is 12.1. The Balaban J connectivity index is 2.30. The number of phenols is 3. The third-order valence-corrected chi connectivity index (χ3v) is 4.38. The fourth-order valence-corrected chi connectivity index (χ4v) is 3.14. The van der Waals surface area contributed by atoms with Crippen molar-refractivity contribution in [2.45, 2.75) is 19.2 Å². The van der Waals surface area contributed by atoms with Crippen LogP contribution in [0.5, 0.6) is 23.0 Å². The molecule has 134 valence electrons. The molecule has 0 saturated heterocycles. The van der Waals surface area contributed by atoms with E-state index < -0.39 is 28.4 Å². The van der Waals surface area contributed by atoms with Gasteiger partial charge in [0.1, 0.15) is 33.9 Å². The highest BCUT2D eigenvalue weighted by molar-refractivity contribution is 7.19. The van der Waals surface area contributed by atoms with Crippen LogP contribution in [-0.2, 0) is 0 Å². The van der Waals surface area contributed by atoms with Crippen molar-refractivity contribution >= 4 is 27.4 Å². The van der Waals surface area contributed by atoms with Gasteiger partial charge in [0.2, 0.25) is 5.78 Å². The van der Waals surface area contributed by atoms with Crippen molar-refractivity contribution in [3.05, 3.63) is 52.1 Å². The summed E-state index contributed by atoms with van der Waals surface area (Å²) < 4.78 is 5.73. The molecule has 6 nitrogen and oxygen atoms in total. The van der Waals surface area contributed by atoms with E-state index in [0.717, 1.165) is 0 Å². The highest BCUT2D eigenvalue weighted by Gasteiger charge is 2.31. The van der Waals surface area contributed by atoms with E-state index in [9.17, 15) is 24.9 Å². The van der Waals surface area contributed by atoms with Gasteiger partial charge in [-0.3, -0.25) is 9.59 Å². The number of fused-ring (bicyclic) bond motifs is 1. The van der Waals surface area contributed by atoms with Gasteiger partial charge in [0.25, 0.3) is 0 Å². The van der Waals surface area contributed by atoms with Crippen LogP contribution in [0.1, 0.15) is 44.3 Å². The average Bonchev–Trinajstić information content (AvgIpc) is 2.51. The van der Waals surface area contributed by atoms with Crippen molar-refractivity contribution in [3.63, 3.8) is 0 Å². The third-order valence-electron chi connectivity index (χ3n) is 4.07. The third kappa shape index (κ3) is 2.93. The molecule has 1 aliphatic heterocycles. The van der Waals surface area contributed by atoms with E-state index in [-0.39, 0.29) is 28.0 Å². The molecule has 0 fully saturated rings. The molecule has 0 amide bonds. The minimum atomic E-state index is -0.796. The maximum Gasteiger partial charge on any atom is 0.202 e. The van der Waals surface area contributed by atoms with Gasteiger partial charge in [-0.25, -0.2) is 0 Å². The lowest BCUT2D eigenvalue weighted by Gasteiger charge is -2.29. The molecule has 3 rings (SSSR count).